The SMILES string of the molecule is CSC1(CNCc2cc(Br)cs2)CCC1. The molecule has 0 spiro atoms. The Kier molecular flexibility index (Phi) is 4.16. The van der Waals surface area contributed by atoms with Crippen LogP contribution in [0.4, 0.5) is 0 Å². The molecule has 1 saturated carbocycles. The van der Waals surface area contributed by atoms with Crippen molar-refractivity contribution in [1.82, 2.24) is 5.32 Å². The third-order valence-corrected chi connectivity index (χ3v) is 6.18. The van der Waals surface area contributed by atoms with Crippen LogP contribution in [-0.2, 0) is 6.54 Å². The first kappa shape index (κ1) is 12.0. The molecule has 0 saturated heterocycles. The zero-order valence-corrected chi connectivity index (χ0v) is 12.1. The molecule has 4 heteroatoms. The van der Waals surface area contributed by atoms with E-state index in [2.05, 4.69) is 38.9 Å². The minimum absolute atomic E-state index is 0.550. The first-order chi connectivity index (χ1) is 7.24. The lowest BCUT2D eigenvalue weighted by Crippen LogP contribution is -2.43. The van der Waals surface area contributed by atoms with Gasteiger partial charge < -0.3 is 5.32 Å². The fourth-order valence-electron chi connectivity index (χ4n) is 1.88. The maximum absolute atomic E-state index is 3.58. The molecular weight excluding hydrogens is 290 g/mol. The number of thiophene rings is 1. The Balaban J connectivity index is 1.74. The molecule has 0 atom stereocenters. The van der Waals surface area contributed by atoms with Gasteiger partial charge in [0.1, 0.15) is 0 Å². The molecule has 1 nitrogen and oxygen atoms in total. The molecule has 1 fully saturated rings. The van der Waals surface area contributed by atoms with Crippen molar-refractivity contribution in [3.05, 3.63) is 20.8 Å². The van der Waals surface area contributed by atoms with E-state index in [1.807, 2.05) is 23.1 Å². The summed E-state index contributed by atoms with van der Waals surface area (Å²) in [5.74, 6) is 0. The normalized spacial score (nSPS) is 18.8. The predicted molar refractivity (Wildman–Crippen MR) is 73.8 cm³/mol. The van der Waals surface area contributed by atoms with Crippen LogP contribution in [-0.4, -0.2) is 17.5 Å². The van der Waals surface area contributed by atoms with Crippen LogP contribution in [0.3, 0.4) is 0 Å². The van der Waals surface area contributed by atoms with Crippen LogP contribution in [0, 0.1) is 0 Å². The lowest BCUT2D eigenvalue weighted by atomic mass is 9.84. The molecule has 1 aromatic rings. The summed E-state index contributed by atoms with van der Waals surface area (Å²) in [6, 6.07) is 2.20. The van der Waals surface area contributed by atoms with Gasteiger partial charge in [0.25, 0.3) is 0 Å². The van der Waals surface area contributed by atoms with Gasteiger partial charge in [-0.25, -0.2) is 0 Å². The second-order valence-corrected chi connectivity index (χ2v) is 7.26. The summed E-state index contributed by atoms with van der Waals surface area (Å²) in [7, 11) is 0. The Labute approximate surface area is 108 Å². The molecule has 15 heavy (non-hydrogen) atoms. The fourth-order valence-corrected chi connectivity index (χ4v) is 4.25. The van der Waals surface area contributed by atoms with E-state index >= 15 is 0 Å². The first-order valence-electron chi connectivity index (χ1n) is 5.23. The van der Waals surface area contributed by atoms with Crippen LogP contribution in [0.1, 0.15) is 24.1 Å². The van der Waals surface area contributed by atoms with Crippen LogP contribution in [0.5, 0.6) is 0 Å². The van der Waals surface area contributed by atoms with Crippen molar-refractivity contribution in [1.29, 1.82) is 0 Å². The van der Waals surface area contributed by atoms with Crippen molar-refractivity contribution in [3.8, 4) is 0 Å². The van der Waals surface area contributed by atoms with Crippen LogP contribution >= 0.6 is 39.0 Å². The molecule has 0 amide bonds. The second kappa shape index (κ2) is 5.21. The fraction of sp³-hybridized carbons (Fsp3) is 0.636. The van der Waals surface area contributed by atoms with Gasteiger partial charge in [-0.1, -0.05) is 6.42 Å². The molecule has 2 rings (SSSR count). The summed E-state index contributed by atoms with van der Waals surface area (Å²) in [5, 5.41) is 5.72. The van der Waals surface area contributed by atoms with Gasteiger partial charge in [0.05, 0.1) is 0 Å². The van der Waals surface area contributed by atoms with Gasteiger partial charge in [-0.2, -0.15) is 11.8 Å². The monoisotopic (exact) mass is 305 g/mol. The molecular formula is C11H16BrNS2. The van der Waals surface area contributed by atoms with Crippen LogP contribution in [0.2, 0.25) is 0 Å². The average molecular weight is 306 g/mol. The highest BCUT2D eigenvalue weighted by atomic mass is 79.9. The molecule has 84 valence electrons. The molecule has 1 heterocycles. The zero-order valence-electron chi connectivity index (χ0n) is 8.88. The predicted octanol–water partition coefficient (Wildman–Crippen LogP) is 3.89. The maximum Gasteiger partial charge on any atom is 0.0300 e. The van der Waals surface area contributed by atoms with Crippen molar-refractivity contribution >= 4 is 39.0 Å². The largest absolute Gasteiger partial charge is 0.310 e. The molecule has 0 unspecified atom stereocenters. The van der Waals surface area contributed by atoms with E-state index in [1.54, 1.807) is 0 Å². The lowest BCUT2D eigenvalue weighted by molar-refractivity contribution is 0.346. The molecule has 0 radical (unpaired) electrons. The molecule has 0 aromatic carbocycles. The highest BCUT2D eigenvalue weighted by molar-refractivity contribution is 9.10. The van der Waals surface area contributed by atoms with E-state index in [0.717, 1.165) is 13.1 Å². The zero-order chi connectivity index (χ0) is 10.7. The third kappa shape index (κ3) is 2.99. The van der Waals surface area contributed by atoms with E-state index < -0.39 is 0 Å². The molecule has 1 aliphatic rings. The molecule has 0 bridgehead atoms. The van der Waals surface area contributed by atoms with Gasteiger partial charge in [0, 0.05) is 32.6 Å². The number of thioether (sulfide) groups is 1. The molecule has 1 aliphatic carbocycles. The Morgan fingerprint density at radius 1 is 1.60 bits per heavy atom. The van der Waals surface area contributed by atoms with Crippen molar-refractivity contribution in [2.24, 2.45) is 0 Å². The Morgan fingerprint density at radius 3 is 2.87 bits per heavy atom. The minimum Gasteiger partial charge on any atom is -0.310 e. The molecule has 0 aliphatic heterocycles. The summed E-state index contributed by atoms with van der Waals surface area (Å²) >= 11 is 7.33. The van der Waals surface area contributed by atoms with Gasteiger partial charge in [-0.05, 0) is 41.1 Å². The number of nitrogens with one attached hydrogen (secondary N) is 1. The molecule has 1 aromatic heterocycles. The highest BCUT2D eigenvalue weighted by Gasteiger charge is 2.35. The van der Waals surface area contributed by atoms with E-state index in [4.69, 9.17) is 0 Å². The Hall–Kier alpha value is 0.490. The Bertz CT molecular complexity index is 315. The first-order valence-corrected chi connectivity index (χ1v) is 8.13. The topological polar surface area (TPSA) is 12.0 Å². The summed E-state index contributed by atoms with van der Waals surface area (Å²) in [6.07, 6.45) is 6.42. The highest BCUT2D eigenvalue weighted by Crippen LogP contribution is 2.42. The summed E-state index contributed by atoms with van der Waals surface area (Å²) in [5.41, 5.74) is 0. The smallest absolute Gasteiger partial charge is 0.0300 e. The van der Waals surface area contributed by atoms with Crippen molar-refractivity contribution < 1.29 is 0 Å². The number of hydrogen-bond donors (Lipinski definition) is 1. The summed E-state index contributed by atoms with van der Waals surface area (Å²) in [6.45, 7) is 2.17. The van der Waals surface area contributed by atoms with Crippen LogP contribution in [0.15, 0.2) is 15.9 Å². The standard InChI is InChI=1S/C11H16BrNS2/c1-14-11(3-2-4-11)8-13-6-10-5-9(12)7-15-10/h5,7,13H,2-4,6,8H2,1H3. The van der Waals surface area contributed by atoms with Crippen molar-refractivity contribution in [3.63, 3.8) is 0 Å². The second-order valence-electron chi connectivity index (χ2n) is 4.08. The van der Waals surface area contributed by atoms with E-state index in [1.165, 1.54) is 28.6 Å². The van der Waals surface area contributed by atoms with Crippen molar-refractivity contribution in [2.45, 2.75) is 30.6 Å². The van der Waals surface area contributed by atoms with Gasteiger partial charge in [0.2, 0.25) is 0 Å². The number of hydrogen-bond acceptors (Lipinski definition) is 3. The van der Waals surface area contributed by atoms with E-state index in [-0.39, 0.29) is 0 Å². The average Bonchev–Trinajstić information content (AvgIpc) is 2.56. The van der Waals surface area contributed by atoms with Gasteiger partial charge in [0.15, 0.2) is 0 Å². The Morgan fingerprint density at radius 2 is 2.40 bits per heavy atom. The molecule has 1 N–H and O–H groups in total. The quantitative estimate of drug-likeness (QED) is 0.886. The number of rotatable bonds is 5. The van der Waals surface area contributed by atoms with Crippen molar-refractivity contribution in [2.75, 3.05) is 12.8 Å². The van der Waals surface area contributed by atoms with E-state index in [0.29, 0.717) is 4.75 Å². The minimum atomic E-state index is 0.550. The summed E-state index contributed by atoms with van der Waals surface area (Å²) < 4.78 is 1.75. The number of halogens is 1. The van der Waals surface area contributed by atoms with E-state index in [9.17, 15) is 0 Å². The maximum atomic E-state index is 3.58. The van der Waals surface area contributed by atoms with Crippen LogP contribution in [0.25, 0.3) is 0 Å². The van der Waals surface area contributed by atoms with Gasteiger partial charge in [-0.15, -0.1) is 11.3 Å². The summed E-state index contributed by atoms with van der Waals surface area (Å²) in [4.78, 5) is 1.41. The lowest BCUT2D eigenvalue weighted by Gasteiger charge is -2.40. The third-order valence-electron chi connectivity index (χ3n) is 3.07. The van der Waals surface area contributed by atoms with Gasteiger partial charge >= 0.3 is 0 Å². The van der Waals surface area contributed by atoms with Gasteiger partial charge in [-0.3, -0.25) is 0 Å². The van der Waals surface area contributed by atoms with Crippen LogP contribution < -0.4 is 5.32 Å².